The van der Waals surface area contributed by atoms with E-state index in [0.717, 1.165) is 0 Å². The highest BCUT2D eigenvalue weighted by molar-refractivity contribution is 7.92. The lowest BCUT2D eigenvalue weighted by Gasteiger charge is -2.16. The number of aromatic nitrogens is 2. The Morgan fingerprint density at radius 1 is 0.969 bits per heavy atom. The Balaban J connectivity index is 1.66. The molecule has 3 aromatic rings. The van der Waals surface area contributed by atoms with Crippen molar-refractivity contribution >= 4 is 27.6 Å². The maximum absolute atomic E-state index is 12.6. The molecule has 2 aromatic carbocycles. The third-order valence-corrected chi connectivity index (χ3v) is 5.73. The second-order valence-corrected chi connectivity index (χ2v) is 8.69. The molecule has 0 aliphatic carbocycles. The van der Waals surface area contributed by atoms with Crippen LogP contribution in [-0.4, -0.2) is 37.5 Å². The summed E-state index contributed by atoms with van der Waals surface area (Å²) in [7, 11) is -2.37. The zero-order valence-electron chi connectivity index (χ0n) is 18.1. The summed E-state index contributed by atoms with van der Waals surface area (Å²) in [4.78, 5) is 20.7. The minimum absolute atomic E-state index is 0.00203. The largest absolute Gasteiger partial charge is 0.493 e. The second-order valence-electron chi connectivity index (χ2n) is 7.00. The summed E-state index contributed by atoms with van der Waals surface area (Å²) in [6.45, 7) is 5.11. The topological polar surface area (TPSA) is 120 Å². The number of hydrogen-bond donors (Lipinski definition) is 2. The van der Waals surface area contributed by atoms with Crippen LogP contribution in [0.15, 0.2) is 59.5 Å². The zero-order chi connectivity index (χ0) is 23.3. The molecule has 0 spiro atoms. The standard InChI is InChI=1S/C22H24N4O5S/c1-14-13-15(2)24-22(23-14)26-32(28,29)18-11-9-17(10-12-18)25-21(27)16(3)31-20-8-6-5-7-19(20)30-4/h5-13,16H,1-4H3,(H,25,27)(H,23,24,26). The van der Waals surface area contributed by atoms with Crippen LogP contribution in [0.5, 0.6) is 11.5 Å². The molecule has 0 bridgehead atoms. The number of nitrogens with one attached hydrogen (secondary N) is 2. The van der Waals surface area contributed by atoms with Crippen molar-refractivity contribution in [3.8, 4) is 11.5 Å². The molecule has 0 fully saturated rings. The number of aryl methyl sites for hydroxylation is 2. The van der Waals surface area contributed by atoms with Crippen molar-refractivity contribution in [1.82, 2.24) is 9.97 Å². The minimum Gasteiger partial charge on any atom is -0.493 e. The third kappa shape index (κ3) is 5.73. The number of carbonyl (C=O) groups is 1. The van der Waals surface area contributed by atoms with Gasteiger partial charge in [-0.25, -0.2) is 23.1 Å². The van der Waals surface area contributed by atoms with Gasteiger partial charge in [-0.1, -0.05) is 12.1 Å². The molecule has 0 saturated carbocycles. The molecule has 168 valence electrons. The average molecular weight is 457 g/mol. The smallest absolute Gasteiger partial charge is 0.265 e. The van der Waals surface area contributed by atoms with Gasteiger partial charge in [-0.05, 0) is 63.2 Å². The molecule has 0 radical (unpaired) electrons. The first-order valence-electron chi connectivity index (χ1n) is 9.73. The van der Waals surface area contributed by atoms with Gasteiger partial charge in [-0.2, -0.15) is 0 Å². The van der Waals surface area contributed by atoms with Crippen LogP contribution in [0.25, 0.3) is 0 Å². The molecule has 1 amide bonds. The van der Waals surface area contributed by atoms with E-state index in [4.69, 9.17) is 9.47 Å². The number of rotatable bonds is 8. The fourth-order valence-corrected chi connectivity index (χ4v) is 3.82. The van der Waals surface area contributed by atoms with Crippen molar-refractivity contribution in [2.45, 2.75) is 31.8 Å². The average Bonchev–Trinajstić information content (AvgIpc) is 2.73. The van der Waals surface area contributed by atoms with Gasteiger partial charge < -0.3 is 14.8 Å². The zero-order valence-corrected chi connectivity index (χ0v) is 18.9. The van der Waals surface area contributed by atoms with Crippen LogP contribution in [0.4, 0.5) is 11.6 Å². The van der Waals surface area contributed by atoms with Gasteiger partial charge in [0.2, 0.25) is 5.95 Å². The molecule has 9 nitrogen and oxygen atoms in total. The molecule has 1 heterocycles. The van der Waals surface area contributed by atoms with Crippen LogP contribution in [0.2, 0.25) is 0 Å². The number of amides is 1. The number of sulfonamides is 1. The lowest BCUT2D eigenvalue weighted by atomic mass is 10.3. The Kier molecular flexibility index (Phi) is 6.94. The van der Waals surface area contributed by atoms with Gasteiger partial charge in [0.25, 0.3) is 15.9 Å². The highest BCUT2D eigenvalue weighted by atomic mass is 32.2. The third-order valence-electron chi connectivity index (χ3n) is 4.38. The van der Waals surface area contributed by atoms with E-state index >= 15 is 0 Å². The van der Waals surface area contributed by atoms with E-state index in [2.05, 4.69) is 20.0 Å². The Morgan fingerprint density at radius 3 is 2.16 bits per heavy atom. The van der Waals surface area contributed by atoms with Gasteiger partial charge in [0, 0.05) is 17.1 Å². The van der Waals surface area contributed by atoms with Gasteiger partial charge in [-0.15, -0.1) is 0 Å². The Bertz CT molecular complexity index is 1190. The summed E-state index contributed by atoms with van der Waals surface area (Å²) in [5.74, 6) is 0.566. The summed E-state index contributed by atoms with van der Waals surface area (Å²) in [5, 5.41) is 2.70. The Labute approximate surface area is 186 Å². The molecular weight excluding hydrogens is 432 g/mol. The Hall–Kier alpha value is -3.66. The van der Waals surface area contributed by atoms with Gasteiger partial charge >= 0.3 is 0 Å². The second kappa shape index (κ2) is 9.65. The minimum atomic E-state index is -3.88. The predicted molar refractivity (Wildman–Crippen MR) is 120 cm³/mol. The molecule has 0 aliphatic heterocycles. The van der Waals surface area contributed by atoms with Crippen molar-refractivity contribution in [2.75, 3.05) is 17.1 Å². The molecule has 1 unspecified atom stereocenters. The number of anilines is 2. The summed E-state index contributed by atoms with van der Waals surface area (Å²) in [6.07, 6.45) is -0.807. The lowest BCUT2D eigenvalue weighted by Crippen LogP contribution is -2.30. The monoisotopic (exact) mass is 456 g/mol. The van der Waals surface area contributed by atoms with Crippen molar-refractivity contribution in [3.63, 3.8) is 0 Å². The number of hydrogen-bond acceptors (Lipinski definition) is 7. The summed E-state index contributed by atoms with van der Waals surface area (Å²) < 4.78 is 38.5. The van der Waals surface area contributed by atoms with Crippen LogP contribution >= 0.6 is 0 Å². The normalized spacial score (nSPS) is 12.0. The molecule has 1 aromatic heterocycles. The number of benzene rings is 2. The number of ether oxygens (including phenoxy) is 2. The lowest BCUT2D eigenvalue weighted by molar-refractivity contribution is -0.122. The molecular formula is C22H24N4O5S. The fourth-order valence-electron chi connectivity index (χ4n) is 2.87. The van der Waals surface area contributed by atoms with E-state index in [1.54, 1.807) is 51.1 Å². The van der Waals surface area contributed by atoms with Crippen LogP contribution < -0.4 is 19.5 Å². The van der Waals surface area contributed by atoms with Gasteiger partial charge in [-0.3, -0.25) is 4.79 Å². The number of carbonyl (C=O) groups excluding carboxylic acids is 1. The van der Waals surface area contributed by atoms with Gasteiger partial charge in [0.05, 0.1) is 12.0 Å². The van der Waals surface area contributed by atoms with E-state index in [1.165, 1.54) is 31.4 Å². The van der Waals surface area contributed by atoms with Crippen molar-refractivity contribution in [2.24, 2.45) is 0 Å². The number of nitrogens with zero attached hydrogens (tertiary/aromatic N) is 2. The van der Waals surface area contributed by atoms with E-state index in [9.17, 15) is 13.2 Å². The molecule has 2 N–H and O–H groups in total. The molecule has 0 aliphatic rings. The number of methoxy groups -OCH3 is 1. The maximum Gasteiger partial charge on any atom is 0.265 e. The van der Waals surface area contributed by atoms with E-state index < -0.39 is 22.0 Å². The molecule has 0 saturated heterocycles. The van der Waals surface area contributed by atoms with Crippen molar-refractivity contribution in [1.29, 1.82) is 0 Å². The first kappa shape index (κ1) is 23.0. The van der Waals surface area contributed by atoms with Gasteiger partial charge in [0.15, 0.2) is 17.6 Å². The summed E-state index contributed by atoms with van der Waals surface area (Å²) in [5.41, 5.74) is 1.72. The fraction of sp³-hybridized carbons (Fsp3) is 0.227. The van der Waals surface area contributed by atoms with Gasteiger partial charge in [0.1, 0.15) is 0 Å². The van der Waals surface area contributed by atoms with E-state index in [0.29, 0.717) is 28.6 Å². The highest BCUT2D eigenvalue weighted by Gasteiger charge is 2.19. The quantitative estimate of drug-likeness (QED) is 0.534. The SMILES string of the molecule is COc1ccccc1OC(C)C(=O)Nc1ccc(S(=O)(=O)Nc2nc(C)cc(C)n2)cc1. The molecule has 10 heteroatoms. The molecule has 3 rings (SSSR count). The highest BCUT2D eigenvalue weighted by Crippen LogP contribution is 2.27. The van der Waals surface area contributed by atoms with Crippen molar-refractivity contribution < 1.29 is 22.7 Å². The van der Waals surface area contributed by atoms with E-state index in [-0.39, 0.29) is 10.8 Å². The molecule has 1 atom stereocenters. The van der Waals surface area contributed by atoms with Crippen molar-refractivity contribution in [3.05, 3.63) is 66.0 Å². The summed E-state index contributed by atoms with van der Waals surface area (Å²) in [6, 6.07) is 14.5. The maximum atomic E-state index is 12.6. The van der Waals surface area contributed by atoms with E-state index in [1.807, 2.05) is 0 Å². The first-order valence-corrected chi connectivity index (χ1v) is 11.2. The summed E-state index contributed by atoms with van der Waals surface area (Å²) >= 11 is 0. The Morgan fingerprint density at radius 2 is 1.56 bits per heavy atom. The van der Waals surface area contributed by atoms with Crippen LogP contribution in [0, 0.1) is 13.8 Å². The van der Waals surface area contributed by atoms with Crippen LogP contribution in [0.1, 0.15) is 18.3 Å². The van der Waals surface area contributed by atoms with Crippen LogP contribution in [0.3, 0.4) is 0 Å². The van der Waals surface area contributed by atoms with Crippen LogP contribution in [-0.2, 0) is 14.8 Å². The number of para-hydroxylation sites is 2. The first-order chi connectivity index (χ1) is 15.2. The molecule has 32 heavy (non-hydrogen) atoms. The predicted octanol–water partition coefficient (Wildman–Crippen LogP) is 3.31.